The van der Waals surface area contributed by atoms with Gasteiger partial charge < -0.3 is 10.1 Å². The van der Waals surface area contributed by atoms with E-state index in [1.165, 1.54) is 6.07 Å². The van der Waals surface area contributed by atoms with Gasteiger partial charge in [-0.1, -0.05) is 36.4 Å². The largest absolute Gasteiger partial charge is 0.491 e. The van der Waals surface area contributed by atoms with Gasteiger partial charge in [-0.3, -0.25) is 14.9 Å². The van der Waals surface area contributed by atoms with Crippen molar-refractivity contribution in [2.75, 3.05) is 6.61 Å². The maximum Gasteiger partial charge on any atom is 0.273 e. The third-order valence-electron chi connectivity index (χ3n) is 3.78. The number of hydrogen-bond acceptors (Lipinski definition) is 4. The number of benzene rings is 2. The van der Waals surface area contributed by atoms with Gasteiger partial charge in [0, 0.05) is 11.6 Å². The Morgan fingerprint density at radius 2 is 1.96 bits per heavy atom. The molecule has 0 spiro atoms. The van der Waals surface area contributed by atoms with Crippen molar-refractivity contribution < 1.29 is 14.5 Å². The van der Waals surface area contributed by atoms with Crippen molar-refractivity contribution in [3.05, 3.63) is 69.8 Å². The van der Waals surface area contributed by atoms with Crippen LogP contribution in [0, 0.1) is 10.1 Å². The molecule has 1 aliphatic heterocycles. The second kappa shape index (κ2) is 6.48. The van der Waals surface area contributed by atoms with Crippen molar-refractivity contribution in [3.8, 4) is 5.75 Å². The average Bonchev–Trinajstić information content (AvgIpc) is 2.55. The van der Waals surface area contributed by atoms with Gasteiger partial charge >= 0.3 is 0 Å². The molecule has 118 valence electrons. The Morgan fingerprint density at radius 3 is 2.78 bits per heavy atom. The molecular formula is C17H16N2O4. The van der Waals surface area contributed by atoms with E-state index in [4.69, 9.17) is 4.74 Å². The minimum atomic E-state index is -0.470. The smallest absolute Gasteiger partial charge is 0.273 e. The Kier molecular flexibility index (Phi) is 4.23. The summed E-state index contributed by atoms with van der Waals surface area (Å²) >= 11 is 0. The molecule has 0 unspecified atom stereocenters. The summed E-state index contributed by atoms with van der Waals surface area (Å²) < 4.78 is 5.63. The van der Waals surface area contributed by atoms with Crippen LogP contribution in [-0.2, 0) is 17.6 Å². The van der Waals surface area contributed by atoms with Crippen LogP contribution >= 0.6 is 0 Å². The lowest BCUT2D eigenvalue weighted by atomic mass is 10.0. The normalized spacial score (nSPS) is 16.1. The average molecular weight is 312 g/mol. The third kappa shape index (κ3) is 3.48. The lowest BCUT2D eigenvalue weighted by Gasteiger charge is -2.26. The molecule has 1 N–H and O–H groups in total. The van der Waals surface area contributed by atoms with Crippen LogP contribution in [0.5, 0.6) is 5.75 Å². The number of para-hydroxylation sites is 2. The van der Waals surface area contributed by atoms with Gasteiger partial charge in [0.1, 0.15) is 12.4 Å². The van der Waals surface area contributed by atoms with Crippen LogP contribution in [0.4, 0.5) is 5.69 Å². The summed E-state index contributed by atoms with van der Waals surface area (Å²) in [4.78, 5) is 22.7. The zero-order valence-electron chi connectivity index (χ0n) is 12.4. The number of carbonyl (C=O) groups is 1. The number of ether oxygens (including phenoxy) is 1. The number of nitro groups is 1. The number of nitrogens with one attached hydrogen (secondary N) is 1. The van der Waals surface area contributed by atoms with E-state index in [0.717, 1.165) is 11.3 Å². The first-order valence-corrected chi connectivity index (χ1v) is 7.36. The fourth-order valence-corrected chi connectivity index (χ4v) is 2.71. The molecular weight excluding hydrogens is 296 g/mol. The highest BCUT2D eigenvalue weighted by Crippen LogP contribution is 2.24. The van der Waals surface area contributed by atoms with Crippen molar-refractivity contribution in [1.29, 1.82) is 0 Å². The van der Waals surface area contributed by atoms with E-state index in [0.29, 0.717) is 18.6 Å². The quantitative estimate of drug-likeness (QED) is 0.693. The second-order valence-electron chi connectivity index (χ2n) is 5.45. The van der Waals surface area contributed by atoms with Crippen LogP contribution in [0.1, 0.15) is 11.1 Å². The van der Waals surface area contributed by atoms with Gasteiger partial charge in [-0.2, -0.15) is 0 Å². The van der Waals surface area contributed by atoms with E-state index in [1.807, 2.05) is 24.3 Å². The molecule has 0 saturated carbocycles. The van der Waals surface area contributed by atoms with Crippen molar-refractivity contribution in [2.45, 2.75) is 18.9 Å². The summed E-state index contributed by atoms with van der Waals surface area (Å²) in [6.45, 7) is 0.402. The molecule has 6 heteroatoms. The molecule has 2 aromatic carbocycles. The number of nitrogens with zero attached hydrogens (tertiary/aromatic N) is 1. The summed E-state index contributed by atoms with van der Waals surface area (Å²) in [6.07, 6.45) is 0.675. The van der Waals surface area contributed by atoms with Gasteiger partial charge in [-0.25, -0.2) is 0 Å². The van der Waals surface area contributed by atoms with Crippen molar-refractivity contribution in [3.63, 3.8) is 0 Å². The van der Waals surface area contributed by atoms with E-state index in [-0.39, 0.29) is 24.1 Å². The number of fused-ring (bicyclic) bond motifs is 1. The lowest BCUT2D eigenvalue weighted by Crippen LogP contribution is -2.43. The summed E-state index contributed by atoms with van der Waals surface area (Å²) in [6, 6.07) is 13.9. The van der Waals surface area contributed by atoms with Crippen molar-refractivity contribution in [2.24, 2.45) is 0 Å². The van der Waals surface area contributed by atoms with Crippen LogP contribution < -0.4 is 10.1 Å². The fraction of sp³-hybridized carbons (Fsp3) is 0.235. The van der Waals surface area contributed by atoms with Crippen molar-refractivity contribution >= 4 is 11.6 Å². The molecule has 3 rings (SSSR count). The molecule has 1 amide bonds. The summed E-state index contributed by atoms with van der Waals surface area (Å²) in [7, 11) is 0. The Bertz CT molecular complexity index is 745. The predicted molar refractivity (Wildman–Crippen MR) is 84.4 cm³/mol. The van der Waals surface area contributed by atoms with Gasteiger partial charge in [-0.05, 0) is 18.1 Å². The Hall–Kier alpha value is -2.89. The van der Waals surface area contributed by atoms with Crippen LogP contribution in [-0.4, -0.2) is 23.5 Å². The molecule has 0 aromatic heterocycles. The monoisotopic (exact) mass is 312 g/mol. The molecule has 0 fully saturated rings. The Labute approximate surface area is 133 Å². The van der Waals surface area contributed by atoms with Crippen molar-refractivity contribution in [1.82, 2.24) is 5.32 Å². The number of amides is 1. The predicted octanol–water partition coefficient (Wildman–Crippen LogP) is 2.26. The molecule has 23 heavy (non-hydrogen) atoms. The molecule has 1 aliphatic rings. The zero-order valence-corrected chi connectivity index (χ0v) is 12.4. The first-order valence-electron chi connectivity index (χ1n) is 7.36. The maximum atomic E-state index is 12.2. The van der Waals surface area contributed by atoms with Crippen LogP contribution in [0.15, 0.2) is 48.5 Å². The van der Waals surface area contributed by atoms with Gasteiger partial charge in [0.2, 0.25) is 5.91 Å². The Morgan fingerprint density at radius 1 is 1.22 bits per heavy atom. The molecule has 1 atom stereocenters. The summed E-state index contributed by atoms with van der Waals surface area (Å²) in [5.41, 5.74) is 1.43. The SMILES string of the molecule is O=C(Cc1ccccc1[N+](=O)[O-])N[C@@H]1COc2ccccc2C1. The maximum absolute atomic E-state index is 12.2. The molecule has 0 aliphatic carbocycles. The van der Waals surface area contributed by atoms with Crippen LogP contribution in [0.2, 0.25) is 0 Å². The van der Waals surface area contributed by atoms with E-state index in [9.17, 15) is 14.9 Å². The number of carbonyl (C=O) groups excluding carboxylic acids is 1. The molecule has 6 nitrogen and oxygen atoms in total. The lowest BCUT2D eigenvalue weighted by molar-refractivity contribution is -0.385. The van der Waals surface area contributed by atoms with E-state index >= 15 is 0 Å². The first kappa shape index (κ1) is 15.0. The van der Waals surface area contributed by atoms with Gasteiger partial charge in [0.15, 0.2) is 0 Å². The fourth-order valence-electron chi connectivity index (χ4n) is 2.71. The molecule has 1 heterocycles. The van der Waals surface area contributed by atoms with Gasteiger partial charge in [0.25, 0.3) is 5.69 Å². The molecule has 0 radical (unpaired) electrons. The van der Waals surface area contributed by atoms with Gasteiger partial charge in [0.05, 0.1) is 17.4 Å². The molecule has 2 aromatic rings. The standard InChI is InChI=1S/C17H16N2O4/c20-17(10-12-5-1-3-7-15(12)19(21)22)18-14-9-13-6-2-4-8-16(13)23-11-14/h1-8,14H,9-11H2,(H,18,20)/t14-/m0/s1. The van der Waals surface area contributed by atoms with Crippen LogP contribution in [0.3, 0.4) is 0 Å². The highest BCUT2D eigenvalue weighted by Gasteiger charge is 2.22. The minimum Gasteiger partial charge on any atom is -0.491 e. The Balaban J connectivity index is 1.64. The van der Waals surface area contributed by atoms with Gasteiger partial charge in [-0.15, -0.1) is 0 Å². The minimum absolute atomic E-state index is 0.0186. The first-order chi connectivity index (χ1) is 11.1. The van der Waals surface area contributed by atoms with E-state index in [2.05, 4.69) is 5.32 Å². The van der Waals surface area contributed by atoms with E-state index in [1.54, 1.807) is 18.2 Å². The topological polar surface area (TPSA) is 81.5 Å². The molecule has 0 saturated heterocycles. The number of hydrogen-bond donors (Lipinski definition) is 1. The van der Waals surface area contributed by atoms with Crippen LogP contribution in [0.25, 0.3) is 0 Å². The van der Waals surface area contributed by atoms with E-state index < -0.39 is 4.92 Å². The molecule has 0 bridgehead atoms. The summed E-state index contributed by atoms with van der Waals surface area (Å²) in [5, 5.41) is 13.9. The third-order valence-corrected chi connectivity index (χ3v) is 3.78. The second-order valence-corrected chi connectivity index (χ2v) is 5.45. The highest BCUT2D eigenvalue weighted by molar-refractivity contribution is 5.80. The summed E-state index contributed by atoms with van der Waals surface area (Å²) in [5.74, 6) is 0.601. The highest BCUT2D eigenvalue weighted by atomic mass is 16.6. The number of rotatable bonds is 4. The zero-order chi connectivity index (χ0) is 16.2. The number of nitro benzene ring substituents is 1.